The molecule has 0 aromatic heterocycles. The molecule has 44 heavy (non-hydrogen) atoms. The molecule has 0 amide bonds. The van der Waals surface area contributed by atoms with Crippen LogP contribution in [0.2, 0.25) is 0 Å². The fourth-order valence-electron chi connectivity index (χ4n) is 5.90. The molecular formula is C38H54N4O2. The highest BCUT2D eigenvalue weighted by atomic mass is 16.5. The van der Waals surface area contributed by atoms with E-state index in [9.17, 15) is 10.4 Å². The second kappa shape index (κ2) is 17.1. The molecule has 6 heteroatoms. The number of allylic oxidation sites excluding steroid dienone is 1. The largest absolute Gasteiger partial charge is 0.490 e. The third-order valence-electron chi connectivity index (χ3n) is 8.53. The molecule has 0 saturated carbocycles. The number of aliphatic hydroxyl groups is 1. The summed E-state index contributed by atoms with van der Waals surface area (Å²) in [5.41, 5.74) is 7.57. The van der Waals surface area contributed by atoms with Crippen molar-refractivity contribution >= 4 is 11.3 Å². The molecule has 6 nitrogen and oxygen atoms in total. The van der Waals surface area contributed by atoms with Crippen LogP contribution in [0.3, 0.4) is 0 Å². The molecule has 0 radical (unpaired) electrons. The van der Waals surface area contributed by atoms with Crippen LogP contribution in [0, 0.1) is 23.2 Å². The summed E-state index contributed by atoms with van der Waals surface area (Å²) < 4.78 is 5.84. The Labute approximate surface area is 266 Å². The van der Waals surface area contributed by atoms with Gasteiger partial charge in [-0.2, -0.15) is 5.26 Å². The third-order valence-corrected chi connectivity index (χ3v) is 8.53. The number of nitrogens with one attached hydrogen (secondary N) is 1. The van der Waals surface area contributed by atoms with Gasteiger partial charge in [-0.05, 0) is 111 Å². The molecule has 0 bridgehead atoms. The van der Waals surface area contributed by atoms with Crippen molar-refractivity contribution in [2.45, 2.75) is 99.1 Å². The van der Waals surface area contributed by atoms with Crippen LogP contribution in [0.15, 0.2) is 60.0 Å². The van der Waals surface area contributed by atoms with Gasteiger partial charge in [-0.3, -0.25) is 4.99 Å². The van der Waals surface area contributed by atoms with Gasteiger partial charge in [-0.25, -0.2) is 0 Å². The van der Waals surface area contributed by atoms with Crippen molar-refractivity contribution in [3.63, 3.8) is 0 Å². The summed E-state index contributed by atoms with van der Waals surface area (Å²) in [4.78, 5) is 7.35. The summed E-state index contributed by atoms with van der Waals surface area (Å²) in [5.74, 6) is 2.26. The predicted molar refractivity (Wildman–Crippen MR) is 184 cm³/mol. The van der Waals surface area contributed by atoms with E-state index in [1.165, 1.54) is 23.1 Å². The molecule has 4 rings (SSSR count). The SMILES string of the molecule is C=C(NC1CCc2c(/C(C)=C/N=C(c3ccc(OC(C)C)c(C#N)c3)C(C)CC)cccc21)N1CCC(CO)CC1.CCC. The fraction of sp³-hybridized carbons (Fsp3) is 0.526. The first kappa shape index (κ1) is 34.9. The van der Waals surface area contributed by atoms with E-state index in [0.717, 1.165) is 67.9 Å². The number of benzene rings is 2. The Bertz CT molecular complexity index is 1350. The number of hydrogen-bond acceptors (Lipinski definition) is 6. The van der Waals surface area contributed by atoms with Crippen LogP contribution in [0.25, 0.3) is 5.57 Å². The lowest BCUT2D eigenvalue weighted by molar-refractivity contribution is 0.145. The Morgan fingerprint density at radius 1 is 1.16 bits per heavy atom. The number of hydrogen-bond donors (Lipinski definition) is 2. The van der Waals surface area contributed by atoms with E-state index in [2.05, 4.69) is 75.7 Å². The molecule has 2 N–H and O–H groups in total. The zero-order valence-corrected chi connectivity index (χ0v) is 28.1. The highest BCUT2D eigenvalue weighted by Crippen LogP contribution is 2.37. The van der Waals surface area contributed by atoms with Crippen LogP contribution in [0.4, 0.5) is 0 Å². The van der Waals surface area contributed by atoms with Crippen molar-refractivity contribution in [2.24, 2.45) is 16.8 Å². The van der Waals surface area contributed by atoms with E-state index in [1.54, 1.807) is 0 Å². The summed E-state index contributed by atoms with van der Waals surface area (Å²) in [7, 11) is 0. The van der Waals surface area contributed by atoms with E-state index in [0.29, 0.717) is 17.2 Å². The first-order valence-corrected chi connectivity index (χ1v) is 16.6. The van der Waals surface area contributed by atoms with Crippen LogP contribution in [0.1, 0.15) is 114 Å². The minimum Gasteiger partial charge on any atom is -0.490 e. The average molecular weight is 599 g/mol. The van der Waals surface area contributed by atoms with Gasteiger partial charge in [0.15, 0.2) is 0 Å². The molecule has 2 unspecified atom stereocenters. The third kappa shape index (κ3) is 8.99. The first-order chi connectivity index (χ1) is 21.2. The predicted octanol–water partition coefficient (Wildman–Crippen LogP) is 8.41. The van der Waals surface area contributed by atoms with Gasteiger partial charge in [0, 0.05) is 25.9 Å². The monoisotopic (exact) mass is 598 g/mol. The quantitative estimate of drug-likeness (QED) is 0.254. The molecule has 2 aromatic rings. The van der Waals surface area contributed by atoms with Crippen LogP contribution in [-0.4, -0.2) is 41.5 Å². The van der Waals surface area contributed by atoms with Crippen molar-refractivity contribution in [1.82, 2.24) is 10.2 Å². The van der Waals surface area contributed by atoms with Crippen molar-refractivity contribution in [3.8, 4) is 11.8 Å². The first-order valence-electron chi connectivity index (χ1n) is 16.6. The Morgan fingerprint density at radius 3 is 2.48 bits per heavy atom. The molecule has 0 spiro atoms. The minimum absolute atomic E-state index is 0.00565. The molecule has 1 aliphatic carbocycles. The summed E-state index contributed by atoms with van der Waals surface area (Å²) >= 11 is 0. The molecule has 1 heterocycles. The van der Waals surface area contributed by atoms with Gasteiger partial charge in [0.05, 0.1) is 29.2 Å². The van der Waals surface area contributed by atoms with Gasteiger partial charge < -0.3 is 20.1 Å². The Hall–Kier alpha value is -3.56. The minimum atomic E-state index is 0.00565. The zero-order chi connectivity index (χ0) is 32.2. The van der Waals surface area contributed by atoms with Gasteiger partial charge in [0.25, 0.3) is 0 Å². The van der Waals surface area contributed by atoms with E-state index in [-0.39, 0.29) is 24.7 Å². The summed E-state index contributed by atoms with van der Waals surface area (Å²) in [6.45, 7) is 21.2. The average Bonchev–Trinajstić information content (AvgIpc) is 3.44. The smallest absolute Gasteiger partial charge is 0.137 e. The number of nitriles is 1. The maximum Gasteiger partial charge on any atom is 0.137 e. The van der Waals surface area contributed by atoms with Crippen LogP contribution in [-0.2, 0) is 6.42 Å². The second-order valence-corrected chi connectivity index (χ2v) is 12.5. The van der Waals surface area contributed by atoms with Crippen molar-refractivity contribution < 1.29 is 9.84 Å². The number of aliphatic imine (C=N–C) groups is 1. The maximum absolute atomic E-state index is 9.76. The standard InChI is InChI=1S/C35H46N4O2.C3H8/c1-7-24(4)35(28-11-14-34(41-23(2)3)29(19-28)20-36)37-21-25(5)30-9-8-10-32-31(30)12-13-33(32)38-26(6)39-17-15-27(22-40)16-18-39;1-3-2/h8-11,14,19,21,23-24,27,33,38,40H,6-7,12-13,15-18,22H2,1-5H3;3H2,1-2H3/b25-21+,37-35?;. The molecular weight excluding hydrogens is 544 g/mol. The van der Waals surface area contributed by atoms with Gasteiger partial charge in [0.2, 0.25) is 0 Å². The topological polar surface area (TPSA) is 80.9 Å². The number of likely N-dealkylation sites (tertiary alicyclic amines) is 1. The number of fused-ring (bicyclic) bond motifs is 1. The number of rotatable bonds is 11. The molecule has 2 atom stereocenters. The van der Waals surface area contributed by atoms with Gasteiger partial charge in [0.1, 0.15) is 11.8 Å². The molecule has 1 fully saturated rings. The van der Waals surface area contributed by atoms with Crippen molar-refractivity contribution in [3.05, 3.63) is 82.8 Å². The van der Waals surface area contributed by atoms with Crippen molar-refractivity contribution in [2.75, 3.05) is 19.7 Å². The molecule has 2 aliphatic rings. The summed E-state index contributed by atoms with van der Waals surface area (Å²) in [6.07, 6.45) is 8.28. The lowest BCUT2D eigenvalue weighted by atomic mass is 9.94. The highest BCUT2D eigenvalue weighted by molar-refractivity contribution is 6.03. The van der Waals surface area contributed by atoms with E-state index >= 15 is 0 Å². The summed E-state index contributed by atoms with van der Waals surface area (Å²) in [6, 6.07) is 14.9. The number of nitrogens with zero attached hydrogens (tertiary/aromatic N) is 3. The number of piperidine rings is 1. The van der Waals surface area contributed by atoms with Crippen LogP contribution in [0.5, 0.6) is 5.75 Å². The molecule has 238 valence electrons. The van der Waals surface area contributed by atoms with Crippen LogP contribution < -0.4 is 10.1 Å². The lowest BCUT2D eigenvalue weighted by Gasteiger charge is -2.35. The van der Waals surface area contributed by atoms with Gasteiger partial charge >= 0.3 is 0 Å². The maximum atomic E-state index is 9.76. The Balaban J connectivity index is 0.00000169. The summed E-state index contributed by atoms with van der Waals surface area (Å²) in [5, 5.41) is 22.9. The van der Waals surface area contributed by atoms with E-state index < -0.39 is 0 Å². The van der Waals surface area contributed by atoms with Crippen LogP contribution >= 0.6 is 0 Å². The number of aliphatic hydroxyl groups excluding tert-OH is 1. The van der Waals surface area contributed by atoms with Gasteiger partial charge in [-0.1, -0.05) is 58.9 Å². The number of ether oxygens (including phenoxy) is 1. The molecule has 2 aromatic carbocycles. The molecule has 1 saturated heterocycles. The lowest BCUT2D eigenvalue weighted by Crippen LogP contribution is -2.39. The zero-order valence-electron chi connectivity index (χ0n) is 28.1. The highest BCUT2D eigenvalue weighted by Gasteiger charge is 2.27. The molecule has 1 aliphatic heterocycles. The van der Waals surface area contributed by atoms with E-state index in [4.69, 9.17) is 9.73 Å². The van der Waals surface area contributed by atoms with Gasteiger partial charge in [-0.15, -0.1) is 0 Å². The van der Waals surface area contributed by atoms with Crippen molar-refractivity contribution in [1.29, 1.82) is 5.26 Å². The fourth-order valence-corrected chi connectivity index (χ4v) is 5.90. The Kier molecular flexibility index (Phi) is 13.5. The second-order valence-electron chi connectivity index (χ2n) is 12.5. The van der Waals surface area contributed by atoms with E-state index in [1.807, 2.05) is 38.2 Å². The normalized spacial score (nSPS) is 17.8. The Morgan fingerprint density at radius 2 is 1.86 bits per heavy atom.